The molecule has 1 atom stereocenters. The van der Waals surface area contributed by atoms with Gasteiger partial charge in [-0.25, -0.2) is 0 Å². The molecule has 0 bridgehead atoms. The Morgan fingerprint density at radius 2 is 1.81 bits per heavy atom. The van der Waals surface area contributed by atoms with Gasteiger partial charge in [-0.05, 0) is 54.3 Å². The molecule has 2 aromatic carbocycles. The molecule has 0 aromatic heterocycles. The van der Waals surface area contributed by atoms with Crippen molar-refractivity contribution < 1.29 is 19.7 Å². The normalized spacial score (nSPS) is 12.3. The van der Waals surface area contributed by atoms with E-state index in [0.717, 1.165) is 5.56 Å². The van der Waals surface area contributed by atoms with E-state index in [4.69, 9.17) is 4.74 Å². The predicted molar refractivity (Wildman–Crippen MR) is 102 cm³/mol. The van der Waals surface area contributed by atoms with Crippen LogP contribution in [0.4, 0.5) is 0 Å². The lowest BCUT2D eigenvalue weighted by Gasteiger charge is -2.13. The first-order valence-electron chi connectivity index (χ1n) is 8.58. The van der Waals surface area contributed by atoms with Crippen molar-refractivity contribution in [2.45, 2.75) is 26.8 Å². The van der Waals surface area contributed by atoms with Crippen molar-refractivity contribution in [1.82, 2.24) is 5.32 Å². The van der Waals surface area contributed by atoms with E-state index in [2.05, 4.69) is 5.32 Å². The zero-order valence-electron chi connectivity index (χ0n) is 15.3. The van der Waals surface area contributed by atoms with Gasteiger partial charge in [0.15, 0.2) is 11.5 Å². The molecule has 0 aliphatic heterocycles. The van der Waals surface area contributed by atoms with Crippen LogP contribution in [0.5, 0.6) is 17.2 Å². The van der Waals surface area contributed by atoms with Gasteiger partial charge in [0.1, 0.15) is 5.75 Å². The van der Waals surface area contributed by atoms with Crippen LogP contribution >= 0.6 is 0 Å². The quantitative estimate of drug-likeness (QED) is 0.656. The summed E-state index contributed by atoms with van der Waals surface area (Å²) < 4.78 is 5.52. The van der Waals surface area contributed by atoms with Crippen molar-refractivity contribution >= 4 is 12.0 Å². The van der Waals surface area contributed by atoms with Crippen LogP contribution in [0.25, 0.3) is 6.08 Å². The first kappa shape index (κ1) is 19.4. The summed E-state index contributed by atoms with van der Waals surface area (Å²) in [5.41, 5.74) is 1.60. The maximum atomic E-state index is 12.1. The van der Waals surface area contributed by atoms with Crippen LogP contribution in [0.2, 0.25) is 0 Å². The van der Waals surface area contributed by atoms with Crippen molar-refractivity contribution in [3.8, 4) is 17.2 Å². The number of carbonyl (C=O) groups excluding carboxylic acids is 1. The molecule has 0 radical (unpaired) electrons. The molecule has 0 fully saturated rings. The third-order valence-electron chi connectivity index (χ3n) is 3.73. The summed E-state index contributed by atoms with van der Waals surface area (Å²) in [6.45, 7) is 6.46. The Hall–Kier alpha value is -2.95. The van der Waals surface area contributed by atoms with Crippen molar-refractivity contribution in [3.05, 3.63) is 59.7 Å². The van der Waals surface area contributed by atoms with Crippen molar-refractivity contribution in [2.24, 2.45) is 5.92 Å². The van der Waals surface area contributed by atoms with Gasteiger partial charge >= 0.3 is 0 Å². The Balaban J connectivity index is 1.94. The van der Waals surface area contributed by atoms with E-state index in [-0.39, 0.29) is 23.4 Å². The topological polar surface area (TPSA) is 78.8 Å². The first-order valence-corrected chi connectivity index (χ1v) is 8.58. The highest BCUT2D eigenvalue weighted by molar-refractivity contribution is 5.92. The molecule has 0 saturated carbocycles. The lowest BCUT2D eigenvalue weighted by atomic mass is 10.1. The highest BCUT2D eigenvalue weighted by atomic mass is 16.5. The Labute approximate surface area is 153 Å². The SMILES string of the molecule is CC(C)COc1ccc(/C=C/C(=O)NC(C)c2ccc(O)cc2)cc1O. The second-order valence-corrected chi connectivity index (χ2v) is 6.59. The number of rotatable bonds is 7. The van der Waals surface area contributed by atoms with Gasteiger partial charge in [-0.3, -0.25) is 4.79 Å². The predicted octanol–water partition coefficient (Wildman–Crippen LogP) is 4.02. The number of aromatic hydroxyl groups is 2. The van der Waals surface area contributed by atoms with Gasteiger partial charge in [0.2, 0.25) is 5.91 Å². The number of phenolic OH excluding ortho intramolecular Hbond substituents is 2. The zero-order chi connectivity index (χ0) is 19.1. The molecular weight excluding hydrogens is 330 g/mol. The fourth-order valence-electron chi connectivity index (χ4n) is 2.30. The number of amides is 1. The summed E-state index contributed by atoms with van der Waals surface area (Å²) >= 11 is 0. The Bertz CT molecular complexity index is 766. The van der Waals surface area contributed by atoms with E-state index in [1.165, 1.54) is 6.08 Å². The second kappa shape index (κ2) is 8.94. The monoisotopic (exact) mass is 355 g/mol. The summed E-state index contributed by atoms with van der Waals surface area (Å²) in [6, 6.07) is 11.5. The van der Waals surface area contributed by atoms with E-state index in [0.29, 0.717) is 23.8 Å². The lowest BCUT2D eigenvalue weighted by Crippen LogP contribution is -2.24. The van der Waals surface area contributed by atoms with Crippen molar-refractivity contribution in [2.75, 3.05) is 6.61 Å². The molecule has 26 heavy (non-hydrogen) atoms. The van der Waals surface area contributed by atoms with Gasteiger partial charge in [0.05, 0.1) is 12.6 Å². The number of nitrogens with one attached hydrogen (secondary N) is 1. The first-order chi connectivity index (χ1) is 12.3. The fraction of sp³-hybridized carbons (Fsp3) is 0.286. The summed E-state index contributed by atoms with van der Waals surface area (Å²) in [6.07, 6.45) is 3.05. The number of hydrogen-bond donors (Lipinski definition) is 3. The van der Waals surface area contributed by atoms with Gasteiger partial charge < -0.3 is 20.3 Å². The summed E-state index contributed by atoms with van der Waals surface area (Å²) in [5.74, 6) is 0.790. The van der Waals surface area contributed by atoms with E-state index >= 15 is 0 Å². The van der Waals surface area contributed by atoms with Gasteiger partial charge in [-0.2, -0.15) is 0 Å². The standard InChI is InChI=1S/C21H25NO4/c1-14(2)13-26-20-10-4-16(12-19(20)24)5-11-21(25)22-15(3)17-6-8-18(23)9-7-17/h4-12,14-15,23-24H,13H2,1-3H3,(H,22,25)/b11-5+. The second-order valence-electron chi connectivity index (χ2n) is 6.59. The molecule has 1 unspecified atom stereocenters. The maximum Gasteiger partial charge on any atom is 0.244 e. The number of ether oxygens (including phenoxy) is 1. The van der Waals surface area contributed by atoms with Crippen LogP contribution in [0.1, 0.15) is 37.9 Å². The third-order valence-corrected chi connectivity index (χ3v) is 3.73. The largest absolute Gasteiger partial charge is 0.508 e. The molecule has 0 aliphatic carbocycles. The molecule has 2 aromatic rings. The summed E-state index contributed by atoms with van der Waals surface area (Å²) in [4.78, 5) is 12.1. The molecule has 0 saturated heterocycles. The van der Waals surface area contributed by atoms with Crippen LogP contribution in [0, 0.1) is 5.92 Å². The lowest BCUT2D eigenvalue weighted by molar-refractivity contribution is -0.117. The molecule has 0 spiro atoms. The molecule has 138 valence electrons. The van der Waals surface area contributed by atoms with E-state index in [1.807, 2.05) is 20.8 Å². The minimum atomic E-state index is -0.245. The van der Waals surface area contributed by atoms with Crippen LogP contribution < -0.4 is 10.1 Å². The van der Waals surface area contributed by atoms with Gasteiger partial charge in [-0.15, -0.1) is 0 Å². The fourth-order valence-corrected chi connectivity index (χ4v) is 2.30. The molecule has 0 aliphatic rings. The smallest absolute Gasteiger partial charge is 0.244 e. The average Bonchev–Trinajstić information content (AvgIpc) is 2.59. The number of benzene rings is 2. The van der Waals surface area contributed by atoms with Crippen LogP contribution in [-0.4, -0.2) is 22.7 Å². The molecule has 2 rings (SSSR count). The minimum absolute atomic E-state index is 0.0469. The van der Waals surface area contributed by atoms with Crippen molar-refractivity contribution in [1.29, 1.82) is 0 Å². The summed E-state index contributed by atoms with van der Waals surface area (Å²) in [5, 5.41) is 22.2. The van der Waals surface area contributed by atoms with E-state index in [9.17, 15) is 15.0 Å². The highest BCUT2D eigenvalue weighted by Crippen LogP contribution is 2.27. The van der Waals surface area contributed by atoms with Gasteiger partial charge in [0.25, 0.3) is 0 Å². The number of carbonyl (C=O) groups is 1. The van der Waals surface area contributed by atoms with Gasteiger partial charge in [0, 0.05) is 6.08 Å². The average molecular weight is 355 g/mol. The Morgan fingerprint density at radius 3 is 2.42 bits per heavy atom. The number of phenols is 2. The maximum absolute atomic E-state index is 12.1. The van der Waals surface area contributed by atoms with Crippen molar-refractivity contribution in [3.63, 3.8) is 0 Å². The Kier molecular flexibility index (Phi) is 6.67. The molecule has 3 N–H and O–H groups in total. The summed E-state index contributed by atoms with van der Waals surface area (Å²) in [7, 11) is 0. The van der Waals surface area contributed by atoms with E-state index < -0.39 is 0 Å². The van der Waals surface area contributed by atoms with Crippen LogP contribution in [0.15, 0.2) is 48.5 Å². The molecule has 1 amide bonds. The molecule has 0 heterocycles. The zero-order valence-corrected chi connectivity index (χ0v) is 15.3. The van der Waals surface area contributed by atoms with Crippen LogP contribution in [0.3, 0.4) is 0 Å². The van der Waals surface area contributed by atoms with Crippen LogP contribution in [-0.2, 0) is 4.79 Å². The van der Waals surface area contributed by atoms with Gasteiger partial charge in [-0.1, -0.05) is 32.0 Å². The Morgan fingerprint density at radius 1 is 1.12 bits per heavy atom. The molecular formula is C21H25NO4. The molecule has 5 nitrogen and oxygen atoms in total. The van der Waals surface area contributed by atoms with E-state index in [1.54, 1.807) is 48.5 Å². The minimum Gasteiger partial charge on any atom is -0.508 e. The number of hydrogen-bond acceptors (Lipinski definition) is 4. The highest BCUT2D eigenvalue weighted by Gasteiger charge is 2.08. The third kappa shape index (κ3) is 5.84. The molecule has 5 heteroatoms.